The fourth-order valence-electron chi connectivity index (χ4n) is 2.11. The molecule has 0 saturated carbocycles. The zero-order valence-electron chi connectivity index (χ0n) is 10.3. The second-order valence-electron chi connectivity index (χ2n) is 4.69. The van der Waals surface area contributed by atoms with E-state index in [1.807, 2.05) is 32.0 Å². The molecule has 1 aliphatic rings. The Balaban J connectivity index is 2.03. The van der Waals surface area contributed by atoms with Gasteiger partial charge in [0.1, 0.15) is 5.75 Å². The highest BCUT2D eigenvalue weighted by Gasteiger charge is 2.25. The van der Waals surface area contributed by atoms with Gasteiger partial charge >= 0.3 is 6.09 Å². The van der Waals surface area contributed by atoms with Crippen molar-refractivity contribution in [2.45, 2.75) is 26.3 Å². The Morgan fingerprint density at radius 1 is 1.35 bits per heavy atom. The number of hydrogen-bond donors (Lipinski definition) is 1. The van der Waals surface area contributed by atoms with Gasteiger partial charge in [-0.05, 0) is 43.5 Å². The molecule has 0 aliphatic carbocycles. The van der Waals surface area contributed by atoms with Crippen LogP contribution in [-0.4, -0.2) is 30.1 Å². The van der Waals surface area contributed by atoms with Gasteiger partial charge in [-0.15, -0.1) is 0 Å². The van der Waals surface area contributed by atoms with Crippen LogP contribution in [0.3, 0.4) is 0 Å². The van der Waals surface area contributed by atoms with Gasteiger partial charge in [0.05, 0.1) is 0 Å². The summed E-state index contributed by atoms with van der Waals surface area (Å²) >= 11 is 0. The predicted octanol–water partition coefficient (Wildman–Crippen LogP) is 1.84. The van der Waals surface area contributed by atoms with Crippen LogP contribution < -0.4 is 10.5 Å². The van der Waals surface area contributed by atoms with Crippen LogP contribution in [0.4, 0.5) is 4.79 Å². The van der Waals surface area contributed by atoms with E-state index in [1.54, 1.807) is 4.90 Å². The lowest BCUT2D eigenvalue weighted by molar-refractivity contribution is 0.162. The van der Waals surface area contributed by atoms with E-state index >= 15 is 0 Å². The molecule has 1 atom stereocenters. The lowest BCUT2D eigenvalue weighted by Gasteiger charge is -2.15. The molecule has 2 N–H and O–H groups in total. The number of hydrogen-bond acceptors (Lipinski definition) is 3. The minimum Gasteiger partial charge on any atom is -0.410 e. The summed E-state index contributed by atoms with van der Waals surface area (Å²) in [6, 6.07) is 5.85. The maximum atomic E-state index is 11.8. The first-order valence-corrected chi connectivity index (χ1v) is 5.85. The Labute approximate surface area is 101 Å². The van der Waals surface area contributed by atoms with Crippen LogP contribution in [0.25, 0.3) is 0 Å². The molecule has 1 aromatic rings. The highest BCUT2D eigenvalue weighted by molar-refractivity contribution is 5.71. The largest absolute Gasteiger partial charge is 0.415 e. The number of amides is 1. The molecule has 0 bridgehead atoms. The van der Waals surface area contributed by atoms with E-state index in [1.165, 1.54) is 0 Å². The smallest absolute Gasteiger partial charge is 0.410 e. The van der Waals surface area contributed by atoms with Gasteiger partial charge in [-0.2, -0.15) is 0 Å². The van der Waals surface area contributed by atoms with E-state index in [0.29, 0.717) is 18.8 Å². The first-order chi connectivity index (χ1) is 8.04. The van der Waals surface area contributed by atoms with Crippen molar-refractivity contribution in [2.75, 3.05) is 13.1 Å². The van der Waals surface area contributed by atoms with Crippen molar-refractivity contribution >= 4 is 6.09 Å². The Morgan fingerprint density at radius 3 is 2.53 bits per heavy atom. The molecule has 4 heteroatoms. The summed E-state index contributed by atoms with van der Waals surface area (Å²) in [5.41, 5.74) is 7.93. The minimum absolute atomic E-state index is 0.0850. The number of carbonyl (C=O) groups is 1. The summed E-state index contributed by atoms with van der Waals surface area (Å²) in [5.74, 6) is 0.605. The molecule has 1 unspecified atom stereocenters. The van der Waals surface area contributed by atoms with Crippen molar-refractivity contribution in [3.8, 4) is 5.75 Å². The second-order valence-corrected chi connectivity index (χ2v) is 4.69. The number of likely N-dealkylation sites (tertiary alicyclic amines) is 1. The maximum Gasteiger partial charge on any atom is 0.415 e. The molecule has 0 spiro atoms. The van der Waals surface area contributed by atoms with Crippen LogP contribution in [0, 0.1) is 13.8 Å². The zero-order chi connectivity index (χ0) is 12.4. The van der Waals surface area contributed by atoms with E-state index in [9.17, 15) is 4.79 Å². The topological polar surface area (TPSA) is 55.6 Å². The average Bonchev–Trinajstić information content (AvgIpc) is 2.63. The fraction of sp³-hybridized carbons (Fsp3) is 0.462. The van der Waals surface area contributed by atoms with E-state index in [0.717, 1.165) is 17.5 Å². The summed E-state index contributed by atoms with van der Waals surface area (Å²) in [6.45, 7) is 5.24. The van der Waals surface area contributed by atoms with E-state index in [-0.39, 0.29) is 12.1 Å². The molecule has 1 aromatic carbocycles. The number of aryl methyl sites for hydroxylation is 2. The molecular formula is C13H18N2O2. The molecule has 1 amide bonds. The molecule has 2 rings (SSSR count). The first-order valence-electron chi connectivity index (χ1n) is 5.85. The molecule has 1 fully saturated rings. The number of ether oxygens (including phenoxy) is 1. The number of rotatable bonds is 1. The molecular weight excluding hydrogens is 216 g/mol. The second kappa shape index (κ2) is 4.75. The van der Waals surface area contributed by atoms with Crippen LogP contribution in [0.5, 0.6) is 5.75 Å². The third-order valence-corrected chi connectivity index (χ3v) is 2.88. The fourth-order valence-corrected chi connectivity index (χ4v) is 2.11. The molecule has 1 aliphatic heterocycles. The average molecular weight is 234 g/mol. The van der Waals surface area contributed by atoms with Gasteiger partial charge in [-0.1, -0.05) is 6.07 Å². The maximum absolute atomic E-state index is 11.8. The normalized spacial score (nSPS) is 19.5. The molecule has 0 radical (unpaired) electrons. The van der Waals surface area contributed by atoms with Crippen molar-refractivity contribution in [3.05, 3.63) is 29.3 Å². The van der Waals surface area contributed by atoms with Gasteiger partial charge in [-0.3, -0.25) is 0 Å². The lowest BCUT2D eigenvalue weighted by Crippen LogP contribution is -2.34. The SMILES string of the molecule is Cc1cc(C)cc(OC(=O)N2CCC(N)C2)c1. The third kappa shape index (κ3) is 2.97. The van der Waals surface area contributed by atoms with Crippen molar-refractivity contribution in [3.63, 3.8) is 0 Å². The Bertz CT molecular complexity index is 411. The van der Waals surface area contributed by atoms with E-state index in [2.05, 4.69) is 0 Å². The number of carbonyl (C=O) groups excluding carboxylic acids is 1. The predicted molar refractivity (Wildman–Crippen MR) is 66.1 cm³/mol. The van der Waals surface area contributed by atoms with Gasteiger partial charge in [0, 0.05) is 19.1 Å². The quantitative estimate of drug-likeness (QED) is 0.806. The van der Waals surface area contributed by atoms with Crippen LogP contribution in [0.2, 0.25) is 0 Å². The van der Waals surface area contributed by atoms with Crippen LogP contribution in [-0.2, 0) is 0 Å². The van der Waals surface area contributed by atoms with Crippen molar-refractivity contribution in [2.24, 2.45) is 5.73 Å². The number of nitrogens with two attached hydrogens (primary N) is 1. The third-order valence-electron chi connectivity index (χ3n) is 2.88. The van der Waals surface area contributed by atoms with Gasteiger partial charge in [0.2, 0.25) is 0 Å². The number of benzene rings is 1. The van der Waals surface area contributed by atoms with Gasteiger partial charge in [0.15, 0.2) is 0 Å². The Kier molecular flexibility index (Phi) is 3.33. The molecule has 1 heterocycles. The van der Waals surface area contributed by atoms with E-state index in [4.69, 9.17) is 10.5 Å². The summed E-state index contributed by atoms with van der Waals surface area (Å²) in [4.78, 5) is 13.5. The van der Waals surface area contributed by atoms with Crippen LogP contribution in [0.15, 0.2) is 18.2 Å². The van der Waals surface area contributed by atoms with Crippen LogP contribution >= 0.6 is 0 Å². The lowest BCUT2D eigenvalue weighted by atomic mass is 10.1. The Hall–Kier alpha value is -1.55. The zero-order valence-corrected chi connectivity index (χ0v) is 10.3. The van der Waals surface area contributed by atoms with Gasteiger partial charge in [0.25, 0.3) is 0 Å². The van der Waals surface area contributed by atoms with Crippen molar-refractivity contribution in [1.82, 2.24) is 4.90 Å². The van der Waals surface area contributed by atoms with Crippen molar-refractivity contribution in [1.29, 1.82) is 0 Å². The number of nitrogens with zero attached hydrogens (tertiary/aromatic N) is 1. The highest BCUT2D eigenvalue weighted by Crippen LogP contribution is 2.18. The summed E-state index contributed by atoms with van der Waals surface area (Å²) < 4.78 is 5.34. The van der Waals surface area contributed by atoms with Crippen LogP contribution in [0.1, 0.15) is 17.5 Å². The summed E-state index contributed by atoms with van der Waals surface area (Å²) in [6.07, 6.45) is 0.546. The molecule has 0 aromatic heterocycles. The van der Waals surface area contributed by atoms with Crippen molar-refractivity contribution < 1.29 is 9.53 Å². The molecule has 92 valence electrons. The molecule has 1 saturated heterocycles. The van der Waals surface area contributed by atoms with E-state index < -0.39 is 0 Å². The van der Waals surface area contributed by atoms with Gasteiger partial charge < -0.3 is 15.4 Å². The molecule has 17 heavy (non-hydrogen) atoms. The Morgan fingerprint density at radius 2 is 2.00 bits per heavy atom. The standard InChI is InChI=1S/C13H18N2O2/c1-9-5-10(2)7-12(6-9)17-13(16)15-4-3-11(14)8-15/h5-7,11H,3-4,8,14H2,1-2H3. The first kappa shape index (κ1) is 11.9. The summed E-state index contributed by atoms with van der Waals surface area (Å²) in [7, 11) is 0. The molecule has 4 nitrogen and oxygen atoms in total. The van der Waals surface area contributed by atoms with Gasteiger partial charge in [-0.25, -0.2) is 4.79 Å². The summed E-state index contributed by atoms with van der Waals surface area (Å²) in [5, 5.41) is 0. The minimum atomic E-state index is -0.303. The monoisotopic (exact) mass is 234 g/mol. The highest BCUT2D eigenvalue weighted by atomic mass is 16.6.